The van der Waals surface area contributed by atoms with E-state index in [1.165, 1.54) is 0 Å². The molecule has 2 unspecified atom stereocenters. The van der Waals surface area contributed by atoms with Gasteiger partial charge < -0.3 is 10.3 Å². The van der Waals surface area contributed by atoms with E-state index in [2.05, 4.69) is 31.1 Å². The van der Waals surface area contributed by atoms with Gasteiger partial charge in [0, 0.05) is 16.7 Å². The minimum Gasteiger partial charge on any atom is -0.339 e. The summed E-state index contributed by atoms with van der Waals surface area (Å²) in [5.74, 6) is 1.33. The highest BCUT2D eigenvalue weighted by Crippen LogP contribution is 2.33. The van der Waals surface area contributed by atoms with Crippen molar-refractivity contribution in [1.29, 1.82) is 0 Å². The molecule has 3 rings (SSSR count). The van der Waals surface area contributed by atoms with Crippen molar-refractivity contribution < 1.29 is 4.52 Å². The fraction of sp³-hybridized carbons (Fsp3) is 0.417. The van der Waals surface area contributed by atoms with Gasteiger partial charge in [0.05, 0.1) is 5.92 Å². The Morgan fingerprint density at radius 2 is 2.28 bits per heavy atom. The van der Waals surface area contributed by atoms with E-state index in [1.807, 2.05) is 12.1 Å². The molecule has 1 saturated carbocycles. The highest BCUT2D eigenvalue weighted by atomic mass is 79.9. The van der Waals surface area contributed by atoms with E-state index < -0.39 is 0 Å². The summed E-state index contributed by atoms with van der Waals surface area (Å²) in [6.45, 7) is 0. The van der Waals surface area contributed by atoms with E-state index in [4.69, 9.17) is 10.3 Å². The van der Waals surface area contributed by atoms with Gasteiger partial charge in [0.25, 0.3) is 0 Å². The molecule has 0 spiro atoms. The maximum absolute atomic E-state index is 6.04. The van der Waals surface area contributed by atoms with Crippen LogP contribution in [0.4, 0.5) is 0 Å². The Hall–Kier alpha value is -1.27. The van der Waals surface area contributed by atoms with Crippen molar-refractivity contribution in [1.82, 2.24) is 15.1 Å². The molecule has 0 saturated heterocycles. The summed E-state index contributed by atoms with van der Waals surface area (Å²) in [6, 6.07) is 3.88. The SMILES string of the molecule is NC1CCCC1c1nc(-c2ncccc2Br)no1. The molecule has 6 heteroatoms. The normalized spacial score (nSPS) is 23.4. The number of rotatable bonds is 2. The van der Waals surface area contributed by atoms with Crippen molar-refractivity contribution in [3.8, 4) is 11.5 Å². The van der Waals surface area contributed by atoms with Crippen LogP contribution in [0, 0.1) is 0 Å². The van der Waals surface area contributed by atoms with Crippen LogP contribution in [0.2, 0.25) is 0 Å². The molecule has 2 aromatic heterocycles. The summed E-state index contributed by atoms with van der Waals surface area (Å²) in [6.07, 6.45) is 4.87. The lowest BCUT2D eigenvalue weighted by atomic mass is 10.1. The summed E-state index contributed by atoms with van der Waals surface area (Å²) in [5, 5.41) is 3.99. The number of hydrogen-bond acceptors (Lipinski definition) is 5. The van der Waals surface area contributed by atoms with E-state index >= 15 is 0 Å². The number of halogens is 1. The summed E-state index contributed by atoms with van der Waals surface area (Å²) >= 11 is 3.43. The third-order valence-electron chi connectivity index (χ3n) is 3.30. The zero-order chi connectivity index (χ0) is 12.5. The lowest BCUT2D eigenvalue weighted by Gasteiger charge is -2.08. The predicted molar refractivity (Wildman–Crippen MR) is 69.8 cm³/mol. The topological polar surface area (TPSA) is 77.8 Å². The summed E-state index contributed by atoms with van der Waals surface area (Å²) in [7, 11) is 0. The zero-order valence-corrected chi connectivity index (χ0v) is 11.3. The Labute approximate surface area is 113 Å². The van der Waals surface area contributed by atoms with Crippen LogP contribution in [0.5, 0.6) is 0 Å². The summed E-state index contributed by atoms with van der Waals surface area (Å²) < 4.78 is 6.18. The highest BCUT2D eigenvalue weighted by molar-refractivity contribution is 9.10. The first kappa shape index (κ1) is 11.8. The fourth-order valence-corrected chi connectivity index (χ4v) is 2.76. The van der Waals surface area contributed by atoms with Gasteiger partial charge in [-0.1, -0.05) is 11.6 Å². The maximum Gasteiger partial charge on any atom is 0.231 e. The zero-order valence-electron chi connectivity index (χ0n) is 9.71. The molecular weight excluding hydrogens is 296 g/mol. The van der Waals surface area contributed by atoms with E-state index in [9.17, 15) is 0 Å². The lowest BCUT2D eigenvalue weighted by Crippen LogP contribution is -2.22. The monoisotopic (exact) mass is 308 g/mol. The van der Waals surface area contributed by atoms with Crippen LogP contribution in [0.3, 0.4) is 0 Å². The Kier molecular flexibility index (Phi) is 3.13. The molecule has 0 amide bonds. The van der Waals surface area contributed by atoms with Crippen LogP contribution in [0.15, 0.2) is 27.3 Å². The average molecular weight is 309 g/mol. The summed E-state index contributed by atoms with van der Waals surface area (Å²) in [4.78, 5) is 8.67. The highest BCUT2D eigenvalue weighted by Gasteiger charge is 2.30. The molecule has 1 aliphatic carbocycles. The van der Waals surface area contributed by atoms with Gasteiger partial charge in [-0.15, -0.1) is 0 Å². The van der Waals surface area contributed by atoms with Crippen molar-refractivity contribution in [2.45, 2.75) is 31.2 Å². The Morgan fingerprint density at radius 1 is 1.39 bits per heavy atom. The van der Waals surface area contributed by atoms with Gasteiger partial charge in [-0.3, -0.25) is 4.98 Å². The Bertz CT molecular complexity index is 557. The molecule has 2 heterocycles. The van der Waals surface area contributed by atoms with Crippen LogP contribution in [-0.4, -0.2) is 21.2 Å². The maximum atomic E-state index is 6.04. The van der Waals surface area contributed by atoms with Gasteiger partial charge >= 0.3 is 0 Å². The van der Waals surface area contributed by atoms with Gasteiger partial charge in [-0.2, -0.15) is 4.98 Å². The predicted octanol–water partition coefficient (Wildman–Crippen LogP) is 2.49. The smallest absolute Gasteiger partial charge is 0.231 e. The van der Waals surface area contributed by atoms with Crippen LogP contribution in [-0.2, 0) is 0 Å². The molecule has 1 aliphatic rings. The first-order valence-electron chi connectivity index (χ1n) is 5.96. The number of pyridine rings is 1. The van der Waals surface area contributed by atoms with Crippen molar-refractivity contribution in [2.75, 3.05) is 0 Å². The molecule has 2 atom stereocenters. The molecule has 94 valence electrons. The van der Waals surface area contributed by atoms with Crippen molar-refractivity contribution in [2.24, 2.45) is 5.73 Å². The molecule has 2 N–H and O–H groups in total. The fourth-order valence-electron chi connectivity index (χ4n) is 2.33. The number of aromatic nitrogens is 3. The molecule has 5 nitrogen and oxygen atoms in total. The van der Waals surface area contributed by atoms with Crippen molar-refractivity contribution in [3.05, 3.63) is 28.7 Å². The van der Waals surface area contributed by atoms with Gasteiger partial charge in [-0.25, -0.2) is 0 Å². The van der Waals surface area contributed by atoms with E-state index in [-0.39, 0.29) is 12.0 Å². The second-order valence-electron chi connectivity index (χ2n) is 4.49. The Balaban J connectivity index is 1.92. The van der Waals surface area contributed by atoms with Crippen LogP contribution < -0.4 is 5.73 Å². The molecule has 0 bridgehead atoms. The van der Waals surface area contributed by atoms with E-state index in [0.717, 1.165) is 23.7 Å². The van der Waals surface area contributed by atoms with Crippen LogP contribution in [0.1, 0.15) is 31.1 Å². The molecule has 2 aromatic rings. The van der Waals surface area contributed by atoms with Gasteiger partial charge in [0.15, 0.2) is 0 Å². The van der Waals surface area contributed by atoms with Gasteiger partial charge in [0.2, 0.25) is 11.7 Å². The largest absolute Gasteiger partial charge is 0.339 e. The van der Waals surface area contributed by atoms with Crippen LogP contribution >= 0.6 is 15.9 Å². The average Bonchev–Trinajstić information content (AvgIpc) is 2.98. The number of nitrogens with zero attached hydrogens (tertiary/aromatic N) is 3. The molecule has 1 fully saturated rings. The molecule has 0 aliphatic heterocycles. The number of nitrogens with two attached hydrogens (primary N) is 1. The van der Waals surface area contributed by atoms with E-state index in [0.29, 0.717) is 17.4 Å². The third kappa shape index (κ3) is 2.06. The second-order valence-corrected chi connectivity index (χ2v) is 5.35. The minimum atomic E-state index is 0.130. The molecular formula is C12H13BrN4O. The Morgan fingerprint density at radius 3 is 3.00 bits per heavy atom. The van der Waals surface area contributed by atoms with Gasteiger partial charge in [0.1, 0.15) is 5.69 Å². The molecule has 18 heavy (non-hydrogen) atoms. The van der Waals surface area contributed by atoms with Gasteiger partial charge in [-0.05, 0) is 40.9 Å². The second kappa shape index (κ2) is 4.78. The first-order chi connectivity index (χ1) is 8.75. The molecule has 0 aromatic carbocycles. The van der Waals surface area contributed by atoms with Crippen molar-refractivity contribution in [3.63, 3.8) is 0 Å². The minimum absolute atomic E-state index is 0.130. The standard InChI is InChI=1S/C12H13BrN4O/c13-8-4-2-6-15-10(8)11-16-12(18-17-11)7-3-1-5-9(7)14/h2,4,6-7,9H,1,3,5,14H2. The quantitative estimate of drug-likeness (QED) is 0.922. The number of hydrogen-bond donors (Lipinski definition) is 1. The lowest BCUT2D eigenvalue weighted by molar-refractivity contribution is 0.345. The molecule has 0 radical (unpaired) electrons. The summed E-state index contributed by atoms with van der Waals surface area (Å²) in [5.41, 5.74) is 6.73. The first-order valence-corrected chi connectivity index (χ1v) is 6.75. The third-order valence-corrected chi connectivity index (χ3v) is 3.94. The van der Waals surface area contributed by atoms with Crippen molar-refractivity contribution >= 4 is 15.9 Å². The van der Waals surface area contributed by atoms with E-state index in [1.54, 1.807) is 6.20 Å². The van der Waals surface area contributed by atoms with Crippen LogP contribution in [0.25, 0.3) is 11.5 Å².